The van der Waals surface area contributed by atoms with Crippen LogP contribution in [0.3, 0.4) is 0 Å². The Hall–Kier alpha value is -1.92. The van der Waals surface area contributed by atoms with Crippen LogP contribution in [0.2, 0.25) is 5.02 Å². The first-order valence-electron chi connectivity index (χ1n) is 6.16. The molecule has 1 aromatic heterocycles. The van der Waals surface area contributed by atoms with Crippen molar-refractivity contribution >= 4 is 33.2 Å². The molecule has 2 N–H and O–H groups in total. The summed E-state index contributed by atoms with van der Waals surface area (Å²) in [5.41, 5.74) is 9.03. The second kappa shape index (κ2) is 5.46. The zero-order valence-electron chi connectivity index (χ0n) is 11.1. The minimum atomic E-state index is 0.481. The average Bonchev–Trinajstić information content (AvgIpc) is 2.91. The Kier molecular flexibility index (Phi) is 3.65. The smallest absolute Gasteiger partial charge is 0.187 e. The molecule has 0 amide bonds. The Morgan fingerprint density at radius 3 is 2.71 bits per heavy atom. The molecule has 0 aliphatic carbocycles. The molecular weight excluding hydrogens is 354 g/mol. The van der Waals surface area contributed by atoms with Crippen molar-refractivity contribution in [3.8, 4) is 17.1 Å². The Morgan fingerprint density at radius 2 is 2.00 bits per heavy atom. The van der Waals surface area contributed by atoms with Gasteiger partial charge in [-0.25, -0.2) is 0 Å². The van der Waals surface area contributed by atoms with Crippen LogP contribution in [0.1, 0.15) is 5.56 Å². The van der Waals surface area contributed by atoms with Crippen molar-refractivity contribution in [2.45, 2.75) is 6.92 Å². The SMILES string of the molecule is Cc1cc(Br)ccc1-n1nnnc1-c1ccc(N)c(Cl)c1. The highest BCUT2D eigenvalue weighted by molar-refractivity contribution is 9.10. The monoisotopic (exact) mass is 363 g/mol. The summed E-state index contributed by atoms with van der Waals surface area (Å²) in [6, 6.07) is 11.3. The van der Waals surface area contributed by atoms with E-state index in [1.165, 1.54) is 0 Å². The molecule has 7 heteroatoms. The van der Waals surface area contributed by atoms with Gasteiger partial charge >= 0.3 is 0 Å². The van der Waals surface area contributed by atoms with Crippen LogP contribution in [0.25, 0.3) is 17.1 Å². The second-order valence-electron chi connectivity index (χ2n) is 4.58. The van der Waals surface area contributed by atoms with Gasteiger partial charge in [0.05, 0.1) is 16.4 Å². The van der Waals surface area contributed by atoms with Crippen LogP contribution in [-0.2, 0) is 0 Å². The van der Waals surface area contributed by atoms with Gasteiger partial charge in [-0.1, -0.05) is 27.5 Å². The average molecular weight is 365 g/mol. The first-order chi connectivity index (χ1) is 10.1. The molecule has 0 spiro atoms. The summed E-state index contributed by atoms with van der Waals surface area (Å²) in [7, 11) is 0. The Balaban J connectivity index is 2.14. The normalized spacial score (nSPS) is 10.8. The highest BCUT2D eigenvalue weighted by Gasteiger charge is 2.13. The minimum absolute atomic E-state index is 0.481. The van der Waals surface area contributed by atoms with Gasteiger partial charge in [0, 0.05) is 10.0 Å². The molecular formula is C14H11BrClN5. The topological polar surface area (TPSA) is 69.6 Å². The van der Waals surface area contributed by atoms with E-state index in [2.05, 4.69) is 31.5 Å². The molecule has 0 atom stereocenters. The third-order valence-corrected chi connectivity index (χ3v) is 3.94. The summed E-state index contributed by atoms with van der Waals surface area (Å²) >= 11 is 9.52. The van der Waals surface area contributed by atoms with E-state index in [9.17, 15) is 0 Å². The number of hydrogen-bond donors (Lipinski definition) is 1. The van der Waals surface area contributed by atoms with Crippen molar-refractivity contribution in [2.75, 3.05) is 5.73 Å². The number of rotatable bonds is 2. The molecule has 0 saturated carbocycles. The van der Waals surface area contributed by atoms with Gasteiger partial charge in [0.2, 0.25) is 0 Å². The predicted octanol–water partition coefficient (Wildman–Crippen LogP) is 3.64. The van der Waals surface area contributed by atoms with Gasteiger partial charge in [-0.2, -0.15) is 4.68 Å². The number of aryl methyl sites for hydroxylation is 1. The number of tetrazole rings is 1. The molecule has 0 bridgehead atoms. The molecule has 106 valence electrons. The molecule has 5 nitrogen and oxygen atoms in total. The van der Waals surface area contributed by atoms with Crippen molar-refractivity contribution < 1.29 is 0 Å². The van der Waals surface area contributed by atoms with Crippen LogP contribution in [0.5, 0.6) is 0 Å². The standard InChI is InChI=1S/C14H11BrClN5/c1-8-6-10(15)3-5-13(8)21-14(18-19-20-21)9-2-4-12(17)11(16)7-9/h2-7H,17H2,1H3. The molecule has 0 fully saturated rings. The van der Waals surface area contributed by atoms with E-state index in [1.807, 2.05) is 31.2 Å². The fourth-order valence-electron chi connectivity index (χ4n) is 2.05. The van der Waals surface area contributed by atoms with Crippen molar-refractivity contribution in [3.05, 3.63) is 51.5 Å². The van der Waals surface area contributed by atoms with Gasteiger partial charge in [0.15, 0.2) is 5.82 Å². The number of benzene rings is 2. The number of anilines is 1. The van der Waals surface area contributed by atoms with Gasteiger partial charge in [-0.15, -0.1) is 5.10 Å². The molecule has 0 saturated heterocycles. The summed E-state index contributed by atoms with van der Waals surface area (Å²) in [6.07, 6.45) is 0. The predicted molar refractivity (Wildman–Crippen MR) is 86.4 cm³/mol. The second-order valence-corrected chi connectivity index (χ2v) is 5.90. The van der Waals surface area contributed by atoms with Crippen molar-refractivity contribution in [1.29, 1.82) is 0 Å². The lowest BCUT2D eigenvalue weighted by Gasteiger charge is -2.09. The lowest BCUT2D eigenvalue weighted by molar-refractivity contribution is 0.787. The zero-order chi connectivity index (χ0) is 15.0. The van der Waals surface area contributed by atoms with Crippen molar-refractivity contribution in [2.24, 2.45) is 0 Å². The first-order valence-corrected chi connectivity index (χ1v) is 7.33. The number of nitrogen functional groups attached to an aromatic ring is 1. The molecule has 0 unspecified atom stereocenters. The van der Waals surface area contributed by atoms with E-state index in [1.54, 1.807) is 16.8 Å². The highest BCUT2D eigenvalue weighted by Crippen LogP contribution is 2.28. The Morgan fingerprint density at radius 1 is 1.19 bits per heavy atom. The van der Waals surface area contributed by atoms with Gasteiger partial charge < -0.3 is 5.73 Å². The summed E-state index contributed by atoms with van der Waals surface area (Å²) < 4.78 is 2.69. The van der Waals surface area contributed by atoms with Crippen LogP contribution in [0.4, 0.5) is 5.69 Å². The molecule has 0 aliphatic rings. The van der Waals surface area contributed by atoms with Crippen molar-refractivity contribution in [1.82, 2.24) is 20.2 Å². The number of halogens is 2. The third-order valence-electron chi connectivity index (χ3n) is 3.12. The number of hydrogen-bond acceptors (Lipinski definition) is 4. The lowest BCUT2D eigenvalue weighted by Crippen LogP contribution is -2.02. The van der Waals surface area contributed by atoms with Gasteiger partial charge in [-0.05, 0) is 59.3 Å². The van der Waals surface area contributed by atoms with Gasteiger partial charge in [0.1, 0.15) is 0 Å². The molecule has 0 radical (unpaired) electrons. The van der Waals surface area contributed by atoms with E-state index in [0.29, 0.717) is 16.5 Å². The van der Waals surface area contributed by atoms with Crippen molar-refractivity contribution in [3.63, 3.8) is 0 Å². The maximum Gasteiger partial charge on any atom is 0.187 e. The van der Waals surface area contributed by atoms with Gasteiger partial charge in [-0.3, -0.25) is 0 Å². The first kappa shape index (κ1) is 14.0. The quantitative estimate of drug-likeness (QED) is 0.705. The van der Waals surface area contributed by atoms with Crippen LogP contribution in [-0.4, -0.2) is 20.2 Å². The number of nitrogens with two attached hydrogens (primary N) is 1. The molecule has 3 aromatic rings. The van der Waals surface area contributed by atoms with E-state index in [0.717, 1.165) is 21.3 Å². The maximum atomic E-state index is 6.07. The summed E-state index contributed by atoms with van der Waals surface area (Å²) in [5, 5.41) is 12.4. The van der Waals surface area contributed by atoms with E-state index in [-0.39, 0.29) is 0 Å². The van der Waals surface area contributed by atoms with Gasteiger partial charge in [0.25, 0.3) is 0 Å². The van der Waals surface area contributed by atoms with E-state index in [4.69, 9.17) is 17.3 Å². The maximum absolute atomic E-state index is 6.07. The molecule has 0 aliphatic heterocycles. The third kappa shape index (κ3) is 2.64. The molecule has 3 rings (SSSR count). The molecule has 2 aromatic carbocycles. The lowest BCUT2D eigenvalue weighted by atomic mass is 10.1. The Bertz CT molecular complexity index is 815. The van der Waals surface area contributed by atoms with Crippen LogP contribution in [0, 0.1) is 6.92 Å². The fraction of sp³-hybridized carbons (Fsp3) is 0.0714. The molecule has 1 heterocycles. The Labute approximate surface area is 134 Å². The summed E-state index contributed by atoms with van der Waals surface area (Å²) in [5.74, 6) is 0.613. The van der Waals surface area contributed by atoms with Crippen LogP contribution < -0.4 is 5.73 Å². The largest absolute Gasteiger partial charge is 0.398 e. The zero-order valence-corrected chi connectivity index (χ0v) is 13.4. The minimum Gasteiger partial charge on any atom is -0.398 e. The number of nitrogens with zero attached hydrogens (tertiary/aromatic N) is 4. The summed E-state index contributed by atoms with van der Waals surface area (Å²) in [4.78, 5) is 0. The highest BCUT2D eigenvalue weighted by atomic mass is 79.9. The summed E-state index contributed by atoms with van der Waals surface area (Å²) in [6.45, 7) is 2.00. The molecule has 21 heavy (non-hydrogen) atoms. The van der Waals surface area contributed by atoms with Crippen LogP contribution >= 0.6 is 27.5 Å². The fourth-order valence-corrected chi connectivity index (χ4v) is 2.71. The van der Waals surface area contributed by atoms with Crippen LogP contribution in [0.15, 0.2) is 40.9 Å². The van der Waals surface area contributed by atoms with E-state index < -0.39 is 0 Å². The number of aromatic nitrogens is 4. The van der Waals surface area contributed by atoms with E-state index >= 15 is 0 Å².